The van der Waals surface area contributed by atoms with Gasteiger partial charge in [0.15, 0.2) is 11.5 Å². The molecule has 3 nitrogen and oxygen atoms in total. The van der Waals surface area contributed by atoms with E-state index in [1.165, 1.54) is 5.56 Å². The summed E-state index contributed by atoms with van der Waals surface area (Å²) in [6, 6.07) is 6.04. The molecule has 0 radical (unpaired) electrons. The molecule has 1 atom stereocenters. The molecule has 0 N–H and O–H groups in total. The van der Waals surface area contributed by atoms with Crippen LogP contribution in [0.1, 0.15) is 31.2 Å². The van der Waals surface area contributed by atoms with Gasteiger partial charge in [0.1, 0.15) is 5.78 Å². The topological polar surface area (TPSA) is 35.5 Å². The summed E-state index contributed by atoms with van der Waals surface area (Å²) < 4.78 is 10.6. The number of rotatable bonds is 3. The van der Waals surface area contributed by atoms with Crippen molar-refractivity contribution in [2.75, 3.05) is 6.79 Å². The van der Waals surface area contributed by atoms with E-state index in [1.54, 1.807) is 0 Å². The third-order valence-corrected chi connectivity index (χ3v) is 3.65. The first-order valence-corrected chi connectivity index (χ1v) is 6.24. The van der Waals surface area contributed by atoms with E-state index in [0.29, 0.717) is 18.5 Å². The summed E-state index contributed by atoms with van der Waals surface area (Å²) in [5.41, 5.74) is 1.23. The fourth-order valence-corrected chi connectivity index (χ4v) is 2.63. The fourth-order valence-electron chi connectivity index (χ4n) is 2.63. The molecule has 1 fully saturated rings. The van der Waals surface area contributed by atoms with Gasteiger partial charge in [-0.2, -0.15) is 0 Å². The van der Waals surface area contributed by atoms with Crippen molar-refractivity contribution in [2.45, 2.75) is 32.1 Å². The Balaban J connectivity index is 1.63. The Morgan fingerprint density at radius 3 is 2.94 bits per heavy atom. The molecule has 17 heavy (non-hydrogen) atoms. The maximum Gasteiger partial charge on any atom is 0.231 e. The van der Waals surface area contributed by atoms with Crippen LogP contribution in [-0.2, 0) is 11.2 Å². The van der Waals surface area contributed by atoms with Crippen LogP contribution in [0.3, 0.4) is 0 Å². The van der Waals surface area contributed by atoms with Crippen LogP contribution >= 0.6 is 0 Å². The number of fused-ring (bicyclic) bond motifs is 1. The lowest BCUT2D eigenvalue weighted by Crippen LogP contribution is -2.07. The van der Waals surface area contributed by atoms with Crippen LogP contribution in [0.15, 0.2) is 18.2 Å². The molecular weight excluding hydrogens is 216 g/mol. The first kappa shape index (κ1) is 10.6. The van der Waals surface area contributed by atoms with Gasteiger partial charge in [0.25, 0.3) is 0 Å². The zero-order valence-electron chi connectivity index (χ0n) is 9.78. The Morgan fingerprint density at radius 2 is 2.12 bits per heavy atom. The van der Waals surface area contributed by atoms with Crippen molar-refractivity contribution in [1.82, 2.24) is 0 Å². The number of ether oxygens (including phenoxy) is 2. The summed E-state index contributed by atoms with van der Waals surface area (Å²) in [6.45, 7) is 0.319. The highest BCUT2D eigenvalue weighted by Gasteiger charge is 2.24. The average Bonchev–Trinajstić information content (AvgIpc) is 2.94. The molecule has 0 saturated heterocycles. The fraction of sp³-hybridized carbons (Fsp3) is 0.500. The summed E-state index contributed by atoms with van der Waals surface area (Å²) >= 11 is 0. The molecule has 0 spiro atoms. The molecule has 1 aliphatic carbocycles. The minimum Gasteiger partial charge on any atom is -0.454 e. The van der Waals surface area contributed by atoms with Gasteiger partial charge in [-0.1, -0.05) is 6.07 Å². The molecule has 2 aliphatic rings. The minimum absolute atomic E-state index is 0.292. The number of hydrogen-bond acceptors (Lipinski definition) is 3. The Bertz CT molecular complexity index is 439. The Kier molecular flexibility index (Phi) is 2.75. The molecular formula is C14H16O3. The van der Waals surface area contributed by atoms with E-state index in [1.807, 2.05) is 12.1 Å². The smallest absolute Gasteiger partial charge is 0.231 e. The quantitative estimate of drug-likeness (QED) is 0.803. The van der Waals surface area contributed by atoms with E-state index in [-0.39, 0.29) is 0 Å². The van der Waals surface area contributed by atoms with Crippen LogP contribution in [0, 0.1) is 5.92 Å². The minimum atomic E-state index is 0.292. The molecule has 1 saturated carbocycles. The van der Waals surface area contributed by atoms with Crippen molar-refractivity contribution >= 4 is 5.78 Å². The van der Waals surface area contributed by atoms with E-state index in [9.17, 15) is 4.79 Å². The normalized spacial score (nSPS) is 22.1. The van der Waals surface area contributed by atoms with Crippen molar-refractivity contribution in [2.24, 2.45) is 5.92 Å². The molecule has 3 heteroatoms. The van der Waals surface area contributed by atoms with Crippen LogP contribution in [0.4, 0.5) is 0 Å². The Morgan fingerprint density at radius 1 is 1.24 bits per heavy atom. The predicted molar refractivity (Wildman–Crippen MR) is 63.2 cm³/mol. The highest BCUT2D eigenvalue weighted by Crippen LogP contribution is 2.33. The van der Waals surface area contributed by atoms with Gasteiger partial charge in [0.2, 0.25) is 6.79 Å². The van der Waals surface area contributed by atoms with Gasteiger partial charge in [0, 0.05) is 12.3 Å². The van der Waals surface area contributed by atoms with E-state index in [0.717, 1.165) is 43.6 Å². The summed E-state index contributed by atoms with van der Waals surface area (Å²) in [7, 11) is 0. The molecule has 90 valence electrons. The van der Waals surface area contributed by atoms with Crippen molar-refractivity contribution in [1.29, 1.82) is 0 Å². The van der Waals surface area contributed by atoms with E-state index in [4.69, 9.17) is 9.47 Å². The first-order valence-electron chi connectivity index (χ1n) is 6.24. The van der Waals surface area contributed by atoms with Crippen molar-refractivity contribution < 1.29 is 14.3 Å². The molecule has 3 rings (SSSR count). The second kappa shape index (κ2) is 4.40. The van der Waals surface area contributed by atoms with E-state index < -0.39 is 0 Å². The number of carbonyl (C=O) groups excluding carboxylic acids is 1. The summed E-state index contributed by atoms with van der Waals surface area (Å²) in [5, 5.41) is 0. The van der Waals surface area contributed by atoms with Gasteiger partial charge in [0.05, 0.1) is 0 Å². The van der Waals surface area contributed by atoms with Gasteiger partial charge in [-0.05, 0) is 43.4 Å². The molecule has 1 heterocycles. The molecule has 0 aromatic heterocycles. The molecule has 0 bridgehead atoms. The van der Waals surface area contributed by atoms with Gasteiger partial charge >= 0.3 is 0 Å². The number of carbonyl (C=O) groups is 1. The molecule has 1 aromatic carbocycles. The average molecular weight is 232 g/mol. The SMILES string of the molecule is O=C1CCCC1CCc1ccc2c(c1)OCO2. The third-order valence-electron chi connectivity index (χ3n) is 3.65. The number of Topliss-reactive ketones (excluding diaryl/α,β-unsaturated/α-hetero) is 1. The van der Waals surface area contributed by atoms with Gasteiger partial charge in [-0.15, -0.1) is 0 Å². The van der Waals surface area contributed by atoms with Gasteiger partial charge < -0.3 is 9.47 Å². The molecule has 1 aliphatic heterocycles. The zero-order valence-corrected chi connectivity index (χ0v) is 9.78. The van der Waals surface area contributed by atoms with Crippen LogP contribution in [-0.4, -0.2) is 12.6 Å². The Hall–Kier alpha value is -1.51. The van der Waals surface area contributed by atoms with Gasteiger partial charge in [-0.3, -0.25) is 4.79 Å². The second-order valence-corrected chi connectivity index (χ2v) is 4.78. The largest absolute Gasteiger partial charge is 0.454 e. The maximum absolute atomic E-state index is 11.5. The standard InChI is InChI=1S/C14H16O3/c15-12-3-1-2-11(12)6-4-10-5-7-13-14(8-10)17-9-16-13/h5,7-8,11H,1-4,6,9H2. The van der Waals surface area contributed by atoms with E-state index in [2.05, 4.69) is 6.07 Å². The van der Waals surface area contributed by atoms with Crippen LogP contribution in [0.2, 0.25) is 0 Å². The molecule has 1 aromatic rings. The second-order valence-electron chi connectivity index (χ2n) is 4.78. The highest BCUT2D eigenvalue weighted by atomic mass is 16.7. The van der Waals surface area contributed by atoms with Crippen molar-refractivity contribution in [3.8, 4) is 11.5 Å². The number of hydrogen-bond donors (Lipinski definition) is 0. The lowest BCUT2D eigenvalue weighted by Gasteiger charge is -2.08. The van der Waals surface area contributed by atoms with Crippen LogP contribution in [0.25, 0.3) is 0 Å². The van der Waals surface area contributed by atoms with Crippen LogP contribution < -0.4 is 9.47 Å². The van der Waals surface area contributed by atoms with Crippen LogP contribution in [0.5, 0.6) is 11.5 Å². The lowest BCUT2D eigenvalue weighted by molar-refractivity contribution is -0.120. The summed E-state index contributed by atoms with van der Waals surface area (Å²) in [5.74, 6) is 2.40. The Labute approximate surface area is 101 Å². The molecule has 0 amide bonds. The number of ketones is 1. The van der Waals surface area contributed by atoms with E-state index >= 15 is 0 Å². The monoisotopic (exact) mass is 232 g/mol. The third kappa shape index (κ3) is 2.14. The van der Waals surface area contributed by atoms with Crippen molar-refractivity contribution in [3.05, 3.63) is 23.8 Å². The predicted octanol–water partition coefficient (Wildman–Crippen LogP) is 2.72. The number of aryl methyl sites for hydroxylation is 1. The first-order chi connectivity index (χ1) is 8.33. The summed E-state index contributed by atoms with van der Waals surface area (Å²) in [4.78, 5) is 11.5. The van der Waals surface area contributed by atoms with Crippen molar-refractivity contribution in [3.63, 3.8) is 0 Å². The maximum atomic E-state index is 11.5. The lowest BCUT2D eigenvalue weighted by atomic mass is 9.97. The summed E-state index contributed by atoms with van der Waals surface area (Å²) in [6.07, 6.45) is 4.85. The highest BCUT2D eigenvalue weighted by molar-refractivity contribution is 5.82. The zero-order chi connectivity index (χ0) is 11.7. The number of benzene rings is 1. The van der Waals surface area contributed by atoms with Gasteiger partial charge in [-0.25, -0.2) is 0 Å². The molecule has 1 unspecified atom stereocenters.